The zero-order valence-electron chi connectivity index (χ0n) is 38.4. The van der Waals surface area contributed by atoms with E-state index in [0.717, 1.165) is 56.4 Å². The molecule has 5 heterocycles. The van der Waals surface area contributed by atoms with Gasteiger partial charge >= 0.3 is 18.7 Å². The number of likely N-dealkylation sites (tertiary alicyclic amines) is 1. The van der Waals surface area contributed by atoms with Crippen LogP contribution in [0.5, 0.6) is 17.2 Å². The fourth-order valence-corrected chi connectivity index (χ4v) is 10.9. The minimum Gasteiger partial charge on any atom is -0.489 e. The molecular weight excluding hydrogens is 946 g/mol. The first kappa shape index (κ1) is 48.8. The zero-order valence-corrected chi connectivity index (χ0v) is 39.9. The van der Waals surface area contributed by atoms with Crippen molar-refractivity contribution < 1.29 is 57.2 Å². The minimum atomic E-state index is -3.15. The van der Waals surface area contributed by atoms with Crippen LogP contribution in [0.4, 0.5) is 13.6 Å². The predicted molar refractivity (Wildman–Crippen MR) is 255 cm³/mol. The van der Waals surface area contributed by atoms with Crippen LogP contribution in [0.3, 0.4) is 0 Å². The summed E-state index contributed by atoms with van der Waals surface area (Å²) in [5.74, 6) is -1.98. The molecular formula is C53H55Cl2F2N4O9+. The summed E-state index contributed by atoms with van der Waals surface area (Å²) in [5, 5.41) is 24.9. The molecule has 0 spiro atoms. The number of piperidine rings is 4. The molecule has 0 unspecified atom stereocenters. The standard InChI is InChI=1S/C53H54Cl2F2N4O9/c54-43-28-60(66)29-44(55)41(43)27-42(37-16-17-45(69-51(56)57)46(26-37)68-31-33-14-15-33)53(50(63)64)20-4-5-21-61(53)49(62)39-12-6-8-34(24-39)32-67-40-13-7-11-38(25-40)48(36-9-2-1-3-10-36)58-52(65)70-47-30-59-22-18-35(47)19-23-59/h1-3,6-13,16-17,24-26,28-29,33,35,42,47-48,51H,4-5,14-15,18-23,27,30-32H2,(H2-,58,63,64,65,66)/p+1/t42-,47-,48-,53-/m0/s1. The second-order valence-corrected chi connectivity index (χ2v) is 19.5. The Balaban J connectivity index is 0.983. The van der Waals surface area contributed by atoms with Crippen molar-refractivity contribution in [3.63, 3.8) is 0 Å². The molecule has 70 heavy (non-hydrogen) atoms. The van der Waals surface area contributed by atoms with Crippen molar-refractivity contribution in [3.05, 3.63) is 153 Å². The van der Waals surface area contributed by atoms with Gasteiger partial charge in [0.2, 0.25) is 12.4 Å². The number of nitrogens with zero attached hydrogens (tertiary/aromatic N) is 3. The number of ether oxygens (including phenoxy) is 4. The Morgan fingerprint density at radius 3 is 2.26 bits per heavy atom. The van der Waals surface area contributed by atoms with Crippen LogP contribution in [0.1, 0.15) is 95.1 Å². The molecule has 17 heteroatoms. The van der Waals surface area contributed by atoms with Crippen LogP contribution >= 0.6 is 23.2 Å². The van der Waals surface area contributed by atoms with Crippen molar-refractivity contribution in [2.75, 3.05) is 32.8 Å². The zero-order chi connectivity index (χ0) is 48.9. The number of aromatic nitrogens is 1. The normalized spacial score (nSPS) is 21.7. The molecule has 368 valence electrons. The number of carbonyl (C=O) groups is 3. The molecule has 5 aliphatic rings. The number of hydrogen-bond donors (Lipinski definition) is 3. The number of pyridine rings is 1. The van der Waals surface area contributed by atoms with Crippen LogP contribution < -0.4 is 24.3 Å². The molecule has 2 amide bonds. The van der Waals surface area contributed by atoms with Gasteiger partial charge in [-0.05, 0) is 135 Å². The van der Waals surface area contributed by atoms with Crippen LogP contribution in [0, 0.1) is 11.8 Å². The molecule has 4 atom stereocenters. The van der Waals surface area contributed by atoms with Gasteiger partial charge in [-0.3, -0.25) is 14.9 Å². The Kier molecular flexibility index (Phi) is 15.0. The molecule has 4 saturated heterocycles. The SMILES string of the molecule is O=C(N[C@@H](c1ccccc1)c1cccc(OCc2cccc(C(=O)N3CCCC[C@@]3(C(=O)O)[C@@H](Cc3c(Cl)c[n+](O)cc3Cl)c3ccc(OC(F)F)c(OCC4CC4)c3)c2)c1)O[C@H]1CN2CCC1CC2. The molecule has 4 aromatic carbocycles. The van der Waals surface area contributed by atoms with Gasteiger partial charge in [-0.2, -0.15) is 8.78 Å². The molecule has 5 fully saturated rings. The van der Waals surface area contributed by atoms with Crippen LogP contribution in [0.15, 0.2) is 109 Å². The summed E-state index contributed by atoms with van der Waals surface area (Å²) >= 11 is 13.4. The van der Waals surface area contributed by atoms with Crippen molar-refractivity contribution in [2.45, 2.75) is 88.2 Å². The number of rotatable bonds is 18. The third kappa shape index (κ3) is 11.1. The number of carbonyl (C=O) groups excluding carboxylic acids is 2. The Bertz CT molecular complexity index is 2670. The van der Waals surface area contributed by atoms with Gasteiger partial charge in [0.05, 0.1) is 12.6 Å². The number of alkyl halides is 2. The van der Waals surface area contributed by atoms with E-state index in [1.54, 1.807) is 24.3 Å². The van der Waals surface area contributed by atoms with Crippen LogP contribution in [0.25, 0.3) is 0 Å². The average molecular weight is 1000 g/mol. The number of benzene rings is 4. The van der Waals surface area contributed by atoms with E-state index in [4.69, 9.17) is 42.1 Å². The van der Waals surface area contributed by atoms with E-state index >= 15 is 4.79 Å². The van der Waals surface area contributed by atoms with E-state index in [2.05, 4.69) is 10.2 Å². The fourth-order valence-electron chi connectivity index (χ4n) is 10.3. The largest absolute Gasteiger partial charge is 0.489 e. The number of hydrogen-bond acceptors (Lipinski definition) is 9. The quantitative estimate of drug-likeness (QED) is 0.0572. The highest BCUT2D eigenvalue weighted by Gasteiger charge is 2.55. The van der Waals surface area contributed by atoms with Gasteiger partial charge in [-0.1, -0.05) is 83.9 Å². The Labute approximate surface area is 414 Å². The average Bonchev–Trinajstić information content (AvgIpc) is 4.20. The lowest BCUT2D eigenvalue weighted by Crippen LogP contribution is -2.63. The summed E-state index contributed by atoms with van der Waals surface area (Å²) < 4.78 is 51.2. The van der Waals surface area contributed by atoms with Crippen molar-refractivity contribution in [1.29, 1.82) is 0 Å². The topological polar surface area (TPSA) is 151 Å². The van der Waals surface area contributed by atoms with Gasteiger partial charge < -0.3 is 34.3 Å². The van der Waals surface area contributed by atoms with Gasteiger partial charge in [0.25, 0.3) is 5.91 Å². The lowest BCUT2D eigenvalue weighted by Gasteiger charge is -2.49. The van der Waals surface area contributed by atoms with E-state index < -0.39 is 42.1 Å². The molecule has 1 aromatic heterocycles. The molecule has 3 N–H and O–H groups in total. The van der Waals surface area contributed by atoms with E-state index in [-0.39, 0.29) is 71.7 Å². The number of carboxylic acids is 1. The Morgan fingerprint density at radius 2 is 1.56 bits per heavy atom. The number of fused-ring (bicyclic) bond motifs is 3. The summed E-state index contributed by atoms with van der Waals surface area (Å²) in [6, 6.07) is 27.6. The maximum Gasteiger partial charge on any atom is 0.408 e. The van der Waals surface area contributed by atoms with Crippen molar-refractivity contribution in [3.8, 4) is 17.2 Å². The van der Waals surface area contributed by atoms with E-state index in [9.17, 15) is 28.7 Å². The molecule has 0 radical (unpaired) electrons. The number of carboxylic acid groups (broad SMARTS) is 1. The number of amides is 2. The second kappa shape index (κ2) is 21.5. The molecule has 4 aliphatic heterocycles. The highest BCUT2D eigenvalue weighted by Crippen LogP contribution is 2.47. The van der Waals surface area contributed by atoms with Crippen molar-refractivity contribution in [2.24, 2.45) is 11.8 Å². The third-order valence-corrected chi connectivity index (χ3v) is 14.8. The smallest absolute Gasteiger partial charge is 0.408 e. The summed E-state index contributed by atoms with van der Waals surface area (Å²) in [5.41, 5.74) is 1.26. The predicted octanol–water partition coefficient (Wildman–Crippen LogP) is 9.87. The van der Waals surface area contributed by atoms with Gasteiger partial charge in [-0.25, -0.2) is 9.59 Å². The van der Waals surface area contributed by atoms with Crippen molar-refractivity contribution >= 4 is 41.2 Å². The van der Waals surface area contributed by atoms with Crippen LogP contribution in [-0.2, 0) is 22.6 Å². The molecule has 5 aromatic rings. The van der Waals surface area contributed by atoms with Gasteiger partial charge in [0, 0.05) is 34.9 Å². The molecule has 13 nitrogen and oxygen atoms in total. The summed E-state index contributed by atoms with van der Waals surface area (Å²) in [6.45, 7) is 0.0469. The van der Waals surface area contributed by atoms with Gasteiger partial charge in [0.15, 0.2) is 11.5 Å². The highest BCUT2D eigenvalue weighted by molar-refractivity contribution is 6.35. The van der Waals surface area contributed by atoms with Crippen LogP contribution in [-0.4, -0.2) is 89.1 Å². The summed E-state index contributed by atoms with van der Waals surface area (Å²) in [7, 11) is 0. The first-order valence-electron chi connectivity index (χ1n) is 23.8. The lowest BCUT2D eigenvalue weighted by molar-refractivity contribution is -0.904. The molecule has 2 bridgehead atoms. The van der Waals surface area contributed by atoms with Gasteiger partial charge in [0.1, 0.15) is 34.0 Å². The maximum absolute atomic E-state index is 15.0. The first-order chi connectivity index (χ1) is 33.8. The van der Waals surface area contributed by atoms with E-state index in [1.807, 2.05) is 54.6 Å². The number of nitrogens with one attached hydrogen (secondary N) is 1. The maximum atomic E-state index is 15.0. The van der Waals surface area contributed by atoms with E-state index in [0.29, 0.717) is 45.9 Å². The fraction of sp³-hybridized carbons (Fsp3) is 0.396. The Morgan fingerprint density at radius 1 is 0.814 bits per heavy atom. The molecule has 1 aliphatic carbocycles. The number of halogens is 4. The number of alkyl carbamates (subject to hydrolysis) is 1. The number of aliphatic carboxylic acids is 1. The van der Waals surface area contributed by atoms with E-state index in [1.165, 1.54) is 35.5 Å². The molecule has 1 saturated carbocycles. The summed E-state index contributed by atoms with van der Waals surface area (Å²) in [6.07, 6.45) is 6.55. The summed E-state index contributed by atoms with van der Waals surface area (Å²) in [4.78, 5) is 46.3. The van der Waals surface area contributed by atoms with Crippen LogP contribution in [0.2, 0.25) is 10.0 Å². The minimum absolute atomic E-state index is 0.00892. The highest BCUT2D eigenvalue weighted by atomic mass is 35.5. The second-order valence-electron chi connectivity index (χ2n) is 18.7. The molecule has 10 rings (SSSR count). The first-order valence-corrected chi connectivity index (χ1v) is 24.5. The third-order valence-electron chi connectivity index (χ3n) is 14.1. The van der Waals surface area contributed by atoms with Crippen molar-refractivity contribution in [1.82, 2.24) is 15.1 Å². The monoisotopic (exact) mass is 999 g/mol. The Hall–Kier alpha value is -6.16. The van der Waals surface area contributed by atoms with Gasteiger partial charge in [-0.15, -0.1) is 0 Å². The lowest BCUT2D eigenvalue weighted by atomic mass is 9.70.